The molecule has 1 aliphatic rings. The van der Waals surface area contributed by atoms with Crippen LogP contribution >= 0.6 is 0 Å². The van der Waals surface area contributed by atoms with Gasteiger partial charge in [0.25, 0.3) is 0 Å². The number of rotatable bonds is 4. The lowest BCUT2D eigenvalue weighted by Crippen LogP contribution is -2.33. The van der Waals surface area contributed by atoms with E-state index in [1.54, 1.807) is 6.20 Å². The normalized spacial score (nSPS) is 14.8. The zero-order valence-corrected chi connectivity index (χ0v) is 16.1. The van der Waals surface area contributed by atoms with Crippen LogP contribution < -0.4 is 4.90 Å². The van der Waals surface area contributed by atoms with Crippen molar-refractivity contribution in [1.82, 2.24) is 25.1 Å². The number of hydrogen-bond donors (Lipinski definition) is 1. The van der Waals surface area contributed by atoms with Crippen molar-refractivity contribution in [1.29, 1.82) is 0 Å². The first-order chi connectivity index (χ1) is 14.4. The maximum absolute atomic E-state index is 4.66. The first-order valence-electron chi connectivity index (χ1n) is 9.96. The van der Waals surface area contributed by atoms with E-state index < -0.39 is 0 Å². The van der Waals surface area contributed by atoms with Crippen molar-refractivity contribution in [2.75, 3.05) is 18.0 Å². The Hall–Kier alpha value is -3.54. The second-order valence-corrected chi connectivity index (χ2v) is 7.32. The Morgan fingerprint density at radius 3 is 2.41 bits per heavy atom. The molecule has 1 N–H and O–H groups in total. The number of benzene rings is 1. The summed E-state index contributed by atoms with van der Waals surface area (Å²) in [5, 5.41) is 8.20. The van der Waals surface area contributed by atoms with Crippen LogP contribution in [0.4, 0.5) is 5.82 Å². The summed E-state index contributed by atoms with van der Waals surface area (Å²) < 4.78 is 0. The molecule has 5 rings (SSSR count). The van der Waals surface area contributed by atoms with Crippen molar-refractivity contribution in [2.45, 2.75) is 18.8 Å². The molecule has 29 heavy (non-hydrogen) atoms. The summed E-state index contributed by atoms with van der Waals surface area (Å²) in [5.74, 6) is 2.45. The lowest BCUT2D eigenvalue weighted by Gasteiger charge is -2.31. The number of piperidine rings is 1. The summed E-state index contributed by atoms with van der Waals surface area (Å²) in [5.41, 5.74) is 4.17. The van der Waals surface area contributed by atoms with E-state index >= 15 is 0 Å². The maximum Gasteiger partial charge on any atom is 0.151 e. The minimum absolute atomic E-state index is 0.438. The van der Waals surface area contributed by atoms with E-state index in [-0.39, 0.29) is 0 Å². The highest BCUT2D eigenvalue weighted by Crippen LogP contribution is 2.29. The van der Waals surface area contributed by atoms with Crippen molar-refractivity contribution in [3.05, 3.63) is 79.0 Å². The molecule has 0 aliphatic carbocycles. The fourth-order valence-corrected chi connectivity index (χ4v) is 3.87. The molecular formula is C23H22N6. The van der Waals surface area contributed by atoms with Gasteiger partial charge in [0.2, 0.25) is 0 Å². The number of H-pyrrole nitrogens is 1. The van der Waals surface area contributed by atoms with Gasteiger partial charge < -0.3 is 9.88 Å². The summed E-state index contributed by atoms with van der Waals surface area (Å²) in [6.07, 6.45) is 7.64. The highest BCUT2D eigenvalue weighted by atomic mass is 15.3. The number of nitrogens with one attached hydrogen (secondary N) is 1. The van der Waals surface area contributed by atoms with Gasteiger partial charge >= 0.3 is 0 Å². The fraction of sp³-hybridized carbons (Fsp3) is 0.217. The van der Waals surface area contributed by atoms with E-state index in [1.165, 1.54) is 0 Å². The number of aromatic amines is 1. The van der Waals surface area contributed by atoms with E-state index in [9.17, 15) is 0 Å². The van der Waals surface area contributed by atoms with Gasteiger partial charge in [0, 0.05) is 42.5 Å². The Kier molecular flexibility index (Phi) is 4.74. The second kappa shape index (κ2) is 7.83. The number of imidazole rings is 1. The maximum atomic E-state index is 4.66. The number of anilines is 1. The number of aromatic nitrogens is 5. The quantitative estimate of drug-likeness (QED) is 0.569. The van der Waals surface area contributed by atoms with E-state index in [2.05, 4.69) is 54.3 Å². The Morgan fingerprint density at radius 2 is 1.69 bits per heavy atom. The Morgan fingerprint density at radius 1 is 0.828 bits per heavy atom. The summed E-state index contributed by atoms with van der Waals surface area (Å²) in [4.78, 5) is 15.1. The smallest absolute Gasteiger partial charge is 0.151 e. The molecule has 0 spiro atoms. The first-order valence-corrected chi connectivity index (χ1v) is 9.96. The average molecular weight is 382 g/mol. The molecule has 4 aromatic rings. The van der Waals surface area contributed by atoms with Crippen molar-refractivity contribution >= 4 is 5.82 Å². The average Bonchev–Trinajstić information content (AvgIpc) is 3.31. The molecule has 0 atom stereocenters. The predicted molar refractivity (Wildman–Crippen MR) is 113 cm³/mol. The van der Waals surface area contributed by atoms with Crippen LogP contribution in [0.3, 0.4) is 0 Å². The molecule has 4 heterocycles. The second-order valence-electron chi connectivity index (χ2n) is 7.32. The van der Waals surface area contributed by atoms with Crippen LogP contribution in [0.1, 0.15) is 24.6 Å². The minimum atomic E-state index is 0.438. The van der Waals surface area contributed by atoms with Gasteiger partial charge in [0.05, 0.1) is 17.6 Å². The van der Waals surface area contributed by atoms with E-state index in [1.807, 2.05) is 42.7 Å². The molecule has 1 fully saturated rings. The third kappa shape index (κ3) is 3.74. The van der Waals surface area contributed by atoms with Crippen LogP contribution in [0.5, 0.6) is 0 Å². The zero-order chi connectivity index (χ0) is 19.5. The Labute approximate surface area is 169 Å². The summed E-state index contributed by atoms with van der Waals surface area (Å²) >= 11 is 0. The van der Waals surface area contributed by atoms with Gasteiger partial charge in [-0.05, 0) is 37.1 Å². The summed E-state index contributed by atoms with van der Waals surface area (Å²) in [6, 6.07) is 18.3. The Balaban J connectivity index is 1.26. The van der Waals surface area contributed by atoms with Crippen molar-refractivity contribution in [3.8, 4) is 22.5 Å². The van der Waals surface area contributed by atoms with Crippen LogP contribution in [-0.2, 0) is 0 Å². The van der Waals surface area contributed by atoms with Gasteiger partial charge in [0.1, 0.15) is 5.82 Å². The molecule has 0 bridgehead atoms. The number of nitrogens with zero attached hydrogens (tertiary/aromatic N) is 5. The molecule has 6 heteroatoms. The van der Waals surface area contributed by atoms with Crippen molar-refractivity contribution in [3.63, 3.8) is 0 Å². The molecular weight excluding hydrogens is 360 g/mol. The molecule has 1 saturated heterocycles. The lowest BCUT2D eigenvalue weighted by atomic mass is 9.96. The highest BCUT2D eigenvalue weighted by molar-refractivity contribution is 5.64. The summed E-state index contributed by atoms with van der Waals surface area (Å²) in [6.45, 7) is 1.93. The van der Waals surface area contributed by atoms with Crippen molar-refractivity contribution in [2.24, 2.45) is 0 Å². The zero-order valence-electron chi connectivity index (χ0n) is 16.1. The summed E-state index contributed by atoms with van der Waals surface area (Å²) in [7, 11) is 0. The van der Waals surface area contributed by atoms with Crippen LogP contribution in [0.15, 0.2) is 73.2 Å². The van der Waals surface area contributed by atoms with Gasteiger partial charge in [0.15, 0.2) is 5.82 Å². The SMILES string of the molecule is c1ccc(-c2ccc(-c3cnc(C4CCN(c5cccnn5)CC4)[nH]3)cn2)cc1. The third-order valence-corrected chi connectivity index (χ3v) is 5.50. The largest absolute Gasteiger partial charge is 0.355 e. The Bertz CT molecular complexity index is 1050. The molecule has 1 aromatic carbocycles. The van der Waals surface area contributed by atoms with Gasteiger partial charge in [-0.3, -0.25) is 4.98 Å². The van der Waals surface area contributed by atoms with E-state index in [0.29, 0.717) is 5.92 Å². The molecule has 0 unspecified atom stereocenters. The standard InChI is InChI=1S/C23H22N6/c1-2-5-17(6-3-1)20-9-8-19(15-24-20)21-16-25-23(27-21)18-10-13-29(14-11-18)22-7-4-12-26-28-22/h1-9,12,15-16,18H,10-11,13-14H2,(H,25,27). The van der Waals surface area contributed by atoms with Crippen LogP contribution in [0.25, 0.3) is 22.5 Å². The van der Waals surface area contributed by atoms with E-state index in [4.69, 9.17) is 0 Å². The lowest BCUT2D eigenvalue weighted by molar-refractivity contribution is 0.485. The van der Waals surface area contributed by atoms with Gasteiger partial charge in [-0.2, -0.15) is 5.10 Å². The van der Waals surface area contributed by atoms with E-state index in [0.717, 1.165) is 60.1 Å². The molecule has 0 saturated carbocycles. The monoisotopic (exact) mass is 382 g/mol. The molecule has 144 valence electrons. The topological polar surface area (TPSA) is 70.6 Å². The van der Waals surface area contributed by atoms with Crippen LogP contribution in [0, 0.1) is 0 Å². The molecule has 3 aromatic heterocycles. The van der Waals surface area contributed by atoms with Gasteiger partial charge in [-0.15, -0.1) is 5.10 Å². The van der Waals surface area contributed by atoms with Gasteiger partial charge in [-0.25, -0.2) is 4.98 Å². The predicted octanol–water partition coefficient (Wildman–Crippen LogP) is 4.31. The minimum Gasteiger partial charge on any atom is -0.355 e. The van der Waals surface area contributed by atoms with Crippen molar-refractivity contribution < 1.29 is 0 Å². The molecule has 1 aliphatic heterocycles. The fourth-order valence-electron chi connectivity index (χ4n) is 3.87. The number of hydrogen-bond acceptors (Lipinski definition) is 5. The first kappa shape index (κ1) is 17.6. The van der Waals surface area contributed by atoms with Crippen LogP contribution in [-0.4, -0.2) is 38.2 Å². The third-order valence-electron chi connectivity index (χ3n) is 5.50. The molecule has 6 nitrogen and oxygen atoms in total. The van der Waals surface area contributed by atoms with Gasteiger partial charge in [-0.1, -0.05) is 30.3 Å². The molecule has 0 radical (unpaired) electrons. The van der Waals surface area contributed by atoms with Crippen LogP contribution in [0.2, 0.25) is 0 Å². The molecule has 0 amide bonds. The highest BCUT2D eigenvalue weighted by Gasteiger charge is 2.23. The number of pyridine rings is 1.